The molecule has 1 unspecified atom stereocenters. The first kappa shape index (κ1) is 13.9. The SMILES string of the molecule is CSc1nc(Cl)cc(N2CCCCC2CCO)n1. The van der Waals surface area contributed by atoms with Gasteiger partial charge in [0.1, 0.15) is 11.0 Å². The molecule has 0 radical (unpaired) electrons. The van der Waals surface area contributed by atoms with Crippen molar-refractivity contribution >= 4 is 29.2 Å². The topological polar surface area (TPSA) is 49.2 Å². The van der Waals surface area contributed by atoms with Crippen molar-refractivity contribution in [2.75, 3.05) is 24.3 Å². The Morgan fingerprint density at radius 3 is 3.06 bits per heavy atom. The van der Waals surface area contributed by atoms with E-state index >= 15 is 0 Å². The normalized spacial score (nSPS) is 20.2. The molecule has 0 spiro atoms. The minimum Gasteiger partial charge on any atom is -0.396 e. The van der Waals surface area contributed by atoms with Crippen LogP contribution in [0.4, 0.5) is 5.82 Å². The molecule has 1 aliphatic rings. The molecule has 2 rings (SSSR count). The van der Waals surface area contributed by atoms with E-state index < -0.39 is 0 Å². The van der Waals surface area contributed by atoms with Crippen molar-refractivity contribution < 1.29 is 5.11 Å². The number of rotatable bonds is 4. The minimum absolute atomic E-state index is 0.218. The van der Waals surface area contributed by atoms with Gasteiger partial charge in [-0.3, -0.25) is 0 Å². The Hall–Kier alpha value is -0.520. The van der Waals surface area contributed by atoms with Crippen molar-refractivity contribution in [1.82, 2.24) is 9.97 Å². The number of halogens is 1. The first-order chi connectivity index (χ1) is 8.74. The molecule has 0 bridgehead atoms. The molecule has 0 aliphatic carbocycles. The van der Waals surface area contributed by atoms with Crippen LogP contribution in [0.3, 0.4) is 0 Å². The van der Waals surface area contributed by atoms with Crippen molar-refractivity contribution in [2.45, 2.75) is 36.9 Å². The third-order valence-electron chi connectivity index (χ3n) is 3.23. The lowest BCUT2D eigenvalue weighted by Crippen LogP contribution is -2.40. The molecular formula is C12H18ClN3OS. The maximum atomic E-state index is 9.15. The maximum absolute atomic E-state index is 9.15. The van der Waals surface area contributed by atoms with Gasteiger partial charge in [-0.1, -0.05) is 23.4 Å². The zero-order valence-corrected chi connectivity index (χ0v) is 12.0. The van der Waals surface area contributed by atoms with Crippen molar-refractivity contribution in [1.29, 1.82) is 0 Å². The van der Waals surface area contributed by atoms with E-state index in [1.807, 2.05) is 12.3 Å². The van der Waals surface area contributed by atoms with Gasteiger partial charge >= 0.3 is 0 Å². The Labute approximate surface area is 117 Å². The molecule has 1 aromatic rings. The Morgan fingerprint density at radius 2 is 2.33 bits per heavy atom. The number of aliphatic hydroxyl groups is 1. The van der Waals surface area contributed by atoms with Gasteiger partial charge in [0.2, 0.25) is 0 Å². The van der Waals surface area contributed by atoms with Gasteiger partial charge in [-0.05, 0) is 31.9 Å². The van der Waals surface area contributed by atoms with Crippen molar-refractivity contribution in [2.24, 2.45) is 0 Å². The second kappa shape index (κ2) is 6.59. The van der Waals surface area contributed by atoms with E-state index in [0.29, 0.717) is 16.4 Å². The largest absolute Gasteiger partial charge is 0.396 e. The van der Waals surface area contributed by atoms with Crippen LogP contribution in [0.1, 0.15) is 25.7 Å². The highest BCUT2D eigenvalue weighted by molar-refractivity contribution is 7.98. The predicted octanol–water partition coefficient (Wildman–Crippen LogP) is 2.59. The molecule has 1 fully saturated rings. The summed E-state index contributed by atoms with van der Waals surface area (Å²) in [6, 6.07) is 2.18. The number of aliphatic hydroxyl groups excluding tert-OH is 1. The van der Waals surface area contributed by atoms with Gasteiger partial charge in [-0.2, -0.15) is 0 Å². The summed E-state index contributed by atoms with van der Waals surface area (Å²) in [5.74, 6) is 0.887. The minimum atomic E-state index is 0.218. The van der Waals surface area contributed by atoms with E-state index in [2.05, 4.69) is 14.9 Å². The second-order valence-electron chi connectivity index (χ2n) is 4.39. The molecule has 0 amide bonds. The molecular weight excluding hydrogens is 270 g/mol. The lowest BCUT2D eigenvalue weighted by Gasteiger charge is -2.36. The summed E-state index contributed by atoms with van der Waals surface area (Å²) >= 11 is 7.53. The molecule has 6 heteroatoms. The van der Waals surface area contributed by atoms with Gasteiger partial charge in [0.15, 0.2) is 5.16 Å². The molecule has 4 nitrogen and oxygen atoms in total. The smallest absolute Gasteiger partial charge is 0.190 e. The molecule has 1 atom stereocenters. The Balaban J connectivity index is 2.24. The Morgan fingerprint density at radius 1 is 1.50 bits per heavy atom. The van der Waals surface area contributed by atoms with Crippen LogP contribution in [0.5, 0.6) is 0 Å². The number of hydrogen-bond donors (Lipinski definition) is 1. The summed E-state index contributed by atoms with van der Waals surface area (Å²) in [5.41, 5.74) is 0. The van der Waals surface area contributed by atoms with Crippen LogP contribution in [-0.4, -0.2) is 40.5 Å². The van der Waals surface area contributed by atoms with Crippen LogP contribution in [0.15, 0.2) is 11.2 Å². The first-order valence-electron chi connectivity index (χ1n) is 6.20. The van der Waals surface area contributed by atoms with Crippen LogP contribution in [0.2, 0.25) is 5.15 Å². The van der Waals surface area contributed by atoms with E-state index in [1.54, 1.807) is 0 Å². The van der Waals surface area contributed by atoms with Crippen LogP contribution < -0.4 is 4.90 Å². The third-order valence-corrected chi connectivity index (χ3v) is 3.97. The zero-order chi connectivity index (χ0) is 13.0. The van der Waals surface area contributed by atoms with Crippen molar-refractivity contribution in [3.05, 3.63) is 11.2 Å². The summed E-state index contributed by atoms with van der Waals surface area (Å²) in [7, 11) is 0. The Bertz CT molecular complexity index is 403. The summed E-state index contributed by atoms with van der Waals surface area (Å²) in [4.78, 5) is 10.9. The monoisotopic (exact) mass is 287 g/mol. The van der Waals surface area contributed by atoms with Gasteiger partial charge in [-0.15, -0.1) is 0 Å². The molecule has 100 valence electrons. The van der Waals surface area contributed by atoms with Crippen molar-refractivity contribution in [3.63, 3.8) is 0 Å². The lowest BCUT2D eigenvalue weighted by molar-refractivity contribution is 0.262. The molecule has 2 heterocycles. The molecule has 1 aliphatic heterocycles. The highest BCUT2D eigenvalue weighted by atomic mass is 35.5. The van der Waals surface area contributed by atoms with Gasteiger partial charge < -0.3 is 10.0 Å². The number of hydrogen-bond acceptors (Lipinski definition) is 5. The van der Waals surface area contributed by atoms with Crippen LogP contribution in [0.25, 0.3) is 0 Å². The molecule has 0 aromatic carbocycles. The van der Waals surface area contributed by atoms with E-state index in [4.69, 9.17) is 16.7 Å². The third kappa shape index (κ3) is 3.28. The van der Waals surface area contributed by atoms with E-state index in [-0.39, 0.29) is 6.61 Å². The fourth-order valence-electron chi connectivity index (χ4n) is 2.38. The zero-order valence-electron chi connectivity index (χ0n) is 10.5. The fraction of sp³-hybridized carbons (Fsp3) is 0.667. The van der Waals surface area contributed by atoms with Gasteiger partial charge in [0.05, 0.1) is 0 Å². The quantitative estimate of drug-likeness (QED) is 0.524. The molecule has 0 saturated carbocycles. The summed E-state index contributed by atoms with van der Waals surface area (Å²) < 4.78 is 0. The molecule has 1 saturated heterocycles. The van der Waals surface area contributed by atoms with Gasteiger partial charge in [0.25, 0.3) is 0 Å². The number of piperidine rings is 1. The van der Waals surface area contributed by atoms with Crippen LogP contribution >= 0.6 is 23.4 Å². The summed E-state index contributed by atoms with van der Waals surface area (Å²) in [5, 5.41) is 10.3. The number of aromatic nitrogens is 2. The number of nitrogens with zero attached hydrogens (tertiary/aromatic N) is 3. The maximum Gasteiger partial charge on any atom is 0.190 e. The Kier molecular flexibility index (Phi) is 5.09. The fourth-order valence-corrected chi connectivity index (χ4v) is 2.98. The molecule has 1 N–H and O–H groups in total. The van der Waals surface area contributed by atoms with Gasteiger partial charge in [0, 0.05) is 25.3 Å². The van der Waals surface area contributed by atoms with Gasteiger partial charge in [-0.25, -0.2) is 9.97 Å². The standard InChI is InChI=1S/C12H18ClN3OS/c1-18-12-14-10(13)8-11(15-12)16-6-3-2-4-9(16)5-7-17/h8-9,17H,2-7H2,1H3. The number of anilines is 1. The first-order valence-corrected chi connectivity index (χ1v) is 7.81. The highest BCUT2D eigenvalue weighted by Gasteiger charge is 2.23. The van der Waals surface area contributed by atoms with Crippen LogP contribution in [0, 0.1) is 0 Å². The van der Waals surface area contributed by atoms with Crippen LogP contribution in [-0.2, 0) is 0 Å². The van der Waals surface area contributed by atoms with E-state index in [1.165, 1.54) is 18.2 Å². The van der Waals surface area contributed by atoms with Crippen molar-refractivity contribution in [3.8, 4) is 0 Å². The molecule has 18 heavy (non-hydrogen) atoms. The number of thioether (sulfide) groups is 1. The van der Waals surface area contributed by atoms with E-state index in [9.17, 15) is 0 Å². The second-order valence-corrected chi connectivity index (χ2v) is 5.55. The average Bonchev–Trinajstić information content (AvgIpc) is 2.39. The summed E-state index contributed by atoms with van der Waals surface area (Å²) in [6.45, 7) is 1.20. The predicted molar refractivity (Wildman–Crippen MR) is 75.5 cm³/mol. The van der Waals surface area contributed by atoms with E-state index in [0.717, 1.165) is 31.6 Å². The molecule has 1 aromatic heterocycles. The lowest BCUT2D eigenvalue weighted by atomic mass is 10.00. The average molecular weight is 288 g/mol. The summed E-state index contributed by atoms with van der Waals surface area (Å²) in [6.07, 6.45) is 6.22. The highest BCUT2D eigenvalue weighted by Crippen LogP contribution is 2.27.